The number of benzene rings is 2. The lowest BCUT2D eigenvalue weighted by molar-refractivity contribution is -0.139. The number of ether oxygens (including phenoxy) is 1. The quantitative estimate of drug-likeness (QED) is 0.848. The standard InChI is InChI=1S/C17H13NO3/c18-15-12-8-4-5-9-13(12)16(19)14(15)17(20)21-10-11-6-2-1-3-7-11/h1-9,18-19H,10H2. The predicted molar refractivity (Wildman–Crippen MR) is 79.1 cm³/mol. The molecule has 0 unspecified atom stereocenters. The molecule has 4 nitrogen and oxygen atoms in total. The third-order valence-corrected chi connectivity index (χ3v) is 3.36. The third-order valence-electron chi connectivity index (χ3n) is 3.36. The zero-order valence-corrected chi connectivity index (χ0v) is 11.2. The van der Waals surface area contributed by atoms with Crippen LogP contribution >= 0.6 is 0 Å². The van der Waals surface area contributed by atoms with Gasteiger partial charge in [-0.3, -0.25) is 5.41 Å². The van der Waals surface area contributed by atoms with Crippen LogP contribution in [0.3, 0.4) is 0 Å². The van der Waals surface area contributed by atoms with Gasteiger partial charge in [-0.2, -0.15) is 0 Å². The minimum absolute atomic E-state index is 0.00108. The maximum absolute atomic E-state index is 12.1. The molecule has 1 aliphatic rings. The van der Waals surface area contributed by atoms with Crippen molar-refractivity contribution in [2.75, 3.05) is 0 Å². The second-order valence-corrected chi connectivity index (χ2v) is 4.71. The smallest absolute Gasteiger partial charge is 0.344 e. The van der Waals surface area contributed by atoms with Crippen LogP contribution in [-0.4, -0.2) is 16.8 Å². The Kier molecular flexibility index (Phi) is 3.28. The molecule has 2 aromatic carbocycles. The van der Waals surface area contributed by atoms with Gasteiger partial charge in [0.1, 0.15) is 17.9 Å². The highest BCUT2D eigenvalue weighted by molar-refractivity contribution is 6.33. The Morgan fingerprint density at radius 2 is 1.62 bits per heavy atom. The van der Waals surface area contributed by atoms with E-state index >= 15 is 0 Å². The fraction of sp³-hybridized carbons (Fsp3) is 0.0588. The number of rotatable bonds is 3. The van der Waals surface area contributed by atoms with Gasteiger partial charge < -0.3 is 9.84 Å². The number of esters is 1. The lowest BCUT2D eigenvalue weighted by atomic mass is 10.1. The van der Waals surface area contributed by atoms with Crippen molar-refractivity contribution in [3.05, 3.63) is 76.9 Å². The molecule has 0 bridgehead atoms. The summed E-state index contributed by atoms with van der Waals surface area (Å²) < 4.78 is 5.19. The first-order valence-corrected chi connectivity index (χ1v) is 6.51. The molecule has 3 rings (SSSR count). The molecule has 2 aromatic rings. The van der Waals surface area contributed by atoms with E-state index < -0.39 is 5.97 Å². The van der Waals surface area contributed by atoms with Crippen LogP contribution in [0.15, 0.2) is 60.2 Å². The highest BCUT2D eigenvalue weighted by Crippen LogP contribution is 2.31. The molecule has 2 N–H and O–H groups in total. The minimum atomic E-state index is -0.683. The molecule has 4 heteroatoms. The molecule has 0 saturated carbocycles. The van der Waals surface area contributed by atoms with Gasteiger partial charge in [-0.25, -0.2) is 4.79 Å². The summed E-state index contributed by atoms with van der Waals surface area (Å²) in [5.74, 6) is -0.869. The molecule has 21 heavy (non-hydrogen) atoms. The van der Waals surface area contributed by atoms with Crippen molar-refractivity contribution in [2.24, 2.45) is 0 Å². The number of hydrogen-bond acceptors (Lipinski definition) is 4. The second-order valence-electron chi connectivity index (χ2n) is 4.71. The number of fused-ring (bicyclic) bond motifs is 1. The fourth-order valence-corrected chi connectivity index (χ4v) is 2.29. The lowest BCUT2D eigenvalue weighted by Gasteiger charge is -2.06. The number of aliphatic hydroxyl groups is 1. The Hall–Kier alpha value is -2.88. The second kappa shape index (κ2) is 5.25. The number of hydrogen-bond donors (Lipinski definition) is 2. The Bertz CT molecular complexity index is 748. The van der Waals surface area contributed by atoms with Crippen molar-refractivity contribution in [3.63, 3.8) is 0 Å². The Morgan fingerprint density at radius 3 is 2.29 bits per heavy atom. The third kappa shape index (κ3) is 2.31. The highest BCUT2D eigenvalue weighted by atomic mass is 16.5. The molecule has 104 valence electrons. The molecular weight excluding hydrogens is 266 g/mol. The van der Waals surface area contributed by atoms with E-state index in [9.17, 15) is 9.90 Å². The summed E-state index contributed by atoms with van der Waals surface area (Å²) in [5.41, 5.74) is 1.82. The van der Waals surface area contributed by atoms with Gasteiger partial charge in [0, 0.05) is 11.1 Å². The van der Waals surface area contributed by atoms with E-state index in [0.717, 1.165) is 5.56 Å². The van der Waals surface area contributed by atoms with Gasteiger partial charge in [-0.15, -0.1) is 0 Å². The summed E-state index contributed by atoms with van der Waals surface area (Å²) in [6, 6.07) is 16.2. The Morgan fingerprint density at radius 1 is 1.00 bits per heavy atom. The summed E-state index contributed by atoms with van der Waals surface area (Å²) in [5, 5.41) is 18.1. The van der Waals surface area contributed by atoms with Gasteiger partial charge in [0.25, 0.3) is 0 Å². The van der Waals surface area contributed by atoms with Crippen molar-refractivity contribution in [2.45, 2.75) is 6.61 Å². The molecule has 1 aliphatic carbocycles. The van der Waals surface area contributed by atoms with Crippen molar-refractivity contribution in [1.82, 2.24) is 0 Å². The SMILES string of the molecule is N=C1C(C(=O)OCc2ccccc2)=C(O)c2ccccc21. The van der Waals surface area contributed by atoms with Gasteiger partial charge in [-0.05, 0) is 5.56 Å². The van der Waals surface area contributed by atoms with Crippen LogP contribution in [0.5, 0.6) is 0 Å². The zero-order valence-electron chi connectivity index (χ0n) is 11.2. The van der Waals surface area contributed by atoms with E-state index in [1.807, 2.05) is 30.3 Å². The lowest BCUT2D eigenvalue weighted by Crippen LogP contribution is -2.14. The van der Waals surface area contributed by atoms with Gasteiger partial charge in [0.05, 0.1) is 5.71 Å². The normalized spacial score (nSPS) is 13.2. The van der Waals surface area contributed by atoms with Crippen LogP contribution in [0.2, 0.25) is 0 Å². The van der Waals surface area contributed by atoms with Crippen molar-refractivity contribution in [1.29, 1.82) is 5.41 Å². The molecule has 0 spiro atoms. The maximum atomic E-state index is 12.1. The number of carbonyl (C=O) groups excluding carboxylic acids is 1. The minimum Gasteiger partial charge on any atom is -0.506 e. The van der Waals surface area contributed by atoms with Crippen LogP contribution in [0.1, 0.15) is 16.7 Å². The van der Waals surface area contributed by atoms with E-state index in [-0.39, 0.29) is 23.7 Å². The maximum Gasteiger partial charge on any atom is 0.344 e. The summed E-state index contributed by atoms with van der Waals surface area (Å²) in [6.07, 6.45) is 0. The average molecular weight is 279 g/mol. The van der Waals surface area contributed by atoms with Crippen LogP contribution < -0.4 is 0 Å². The summed E-state index contributed by atoms with van der Waals surface area (Å²) in [4.78, 5) is 12.1. The van der Waals surface area contributed by atoms with Gasteiger partial charge in [0.15, 0.2) is 0 Å². The first-order chi connectivity index (χ1) is 10.2. The summed E-state index contributed by atoms with van der Waals surface area (Å²) >= 11 is 0. The van der Waals surface area contributed by atoms with Crippen molar-refractivity contribution in [3.8, 4) is 0 Å². The monoisotopic (exact) mass is 279 g/mol. The number of nitrogens with one attached hydrogen (secondary N) is 1. The molecule has 0 aliphatic heterocycles. The Balaban J connectivity index is 1.80. The molecular formula is C17H13NO3. The summed E-state index contributed by atoms with van der Waals surface area (Å²) in [7, 11) is 0. The molecule has 0 saturated heterocycles. The van der Waals surface area contributed by atoms with Gasteiger partial charge in [0.2, 0.25) is 0 Å². The number of aliphatic hydroxyl groups excluding tert-OH is 1. The highest BCUT2D eigenvalue weighted by Gasteiger charge is 2.32. The van der Waals surface area contributed by atoms with E-state index in [4.69, 9.17) is 10.1 Å². The first-order valence-electron chi connectivity index (χ1n) is 6.51. The zero-order chi connectivity index (χ0) is 14.8. The Labute approximate surface area is 121 Å². The molecule has 0 aromatic heterocycles. The van der Waals surface area contributed by atoms with Crippen LogP contribution in [0, 0.1) is 5.41 Å². The van der Waals surface area contributed by atoms with E-state index in [2.05, 4.69) is 0 Å². The fourth-order valence-electron chi connectivity index (χ4n) is 2.29. The largest absolute Gasteiger partial charge is 0.506 e. The molecule has 0 fully saturated rings. The van der Waals surface area contributed by atoms with Crippen LogP contribution in [0.25, 0.3) is 5.76 Å². The van der Waals surface area contributed by atoms with Crippen LogP contribution in [-0.2, 0) is 16.1 Å². The molecule has 0 atom stereocenters. The van der Waals surface area contributed by atoms with E-state index in [1.165, 1.54) is 0 Å². The topological polar surface area (TPSA) is 70.4 Å². The molecule has 0 amide bonds. The van der Waals surface area contributed by atoms with E-state index in [0.29, 0.717) is 11.1 Å². The van der Waals surface area contributed by atoms with Crippen molar-refractivity contribution < 1.29 is 14.6 Å². The van der Waals surface area contributed by atoms with Gasteiger partial charge in [-0.1, -0.05) is 54.6 Å². The predicted octanol–water partition coefficient (Wildman–Crippen LogP) is 3.08. The summed E-state index contributed by atoms with van der Waals surface area (Å²) in [6.45, 7) is 0.111. The van der Waals surface area contributed by atoms with Crippen molar-refractivity contribution >= 4 is 17.4 Å². The number of carbonyl (C=O) groups is 1. The molecule has 0 heterocycles. The van der Waals surface area contributed by atoms with Crippen LogP contribution in [0.4, 0.5) is 0 Å². The first kappa shape index (κ1) is 13.1. The molecule has 0 radical (unpaired) electrons. The van der Waals surface area contributed by atoms with Gasteiger partial charge >= 0.3 is 5.97 Å². The van der Waals surface area contributed by atoms with E-state index in [1.54, 1.807) is 24.3 Å². The average Bonchev–Trinajstić information content (AvgIpc) is 2.78.